The second-order valence-corrected chi connectivity index (χ2v) is 5.51. The van der Waals surface area contributed by atoms with E-state index in [1.165, 1.54) is 0 Å². The highest BCUT2D eigenvalue weighted by Crippen LogP contribution is 2.26. The molecule has 0 bridgehead atoms. The van der Waals surface area contributed by atoms with Gasteiger partial charge in [-0.15, -0.1) is 0 Å². The second-order valence-electron chi connectivity index (χ2n) is 5.51. The van der Waals surface area contributed by atoms with Gasteiger partial charge in [0.15, 0.2) is 5.82 Å². The lowest BCUT2D eigenvalue weighted by Crippen LogP contribution is -2.23. The van der Waals surface area contributed by atoms with Crippen LogP contribution in [0.4, 0.5) is 5.82 Å². The maximum atomic E-state index is 5.84. The zero-order chi connectivity index (χ0) is 14.8. The fraction of sp³-hybridized carbons (Fsp3) is 0.312. The van der Waals surface area contributed by atoms with E-state index < -0.39 is 0 Å². The van der Waals surface area contributed by atoms with E-state index in [1.54, 1.807) is 24.8 Å². The van der Waals surface area contributed by atoms with Crippen LogP contribution in [0.15, 0.2) is 49.2 Å². The molecule has 0 saturated carbocycles. The van der Waals surface area contributed by atoms with E-state index in [9.17, 15) is 0 Å². The standard InChI is InChI=1S/C16H17N5O/c1-5-17-6-2-14(1)22-12-13-4-9-20(11-13)16-15-3-7-19-21(15)10-8-18-16/h1-3,5-8,10,13H,4,9,11-12H2. The summed E-state index contributed by atoms with van der Waals surface area (Å²) in [6.45, 7) is 2.69. The SMILES string of the molecule is c1cc(OCC2CCN(c3nccn4nccc34)C2)ccn1. The molecule has 1 saturated heterocycles. The predicted octanol–water partition coefficient (Wildman–Crippen LogP) is 2.03. The number of anilines is 1. The third-order valence-electron chi connectivity index (χ3n) is 4.02. The minimum atomic E-state index is 0.512. The molecule has 112 valence electrons. The molecule has 0 amide bonds. The van der Waals surface area contributed by atoms with Crippen molar-refractivity contribution in [1.29, 1.82) is 0 Å². The first-order chi connectivity index (χ1) is 10.9. The molecule has 1 aliphatic heterocycles. The molecule has 0 aromatic carbocycles. The Bertz CT molecular complexity index is 757. The Labute approximate surface area is 128 Å². The van der Waals surface area contributed by atoms with Gasteiger partial charge in [0, 0.05) is 43.8 Å². The summed E-state index contributed by atoms with van der Waals surface area (Å²) < 4.78 is 7.71. The van der Waals surface area contributed by atoms with E-state index in [0.29, 0.717) is 5.92 Å². The number of hydrogen-bond acceptors (Lipinski definition) is 5. The molecule has 1 aliphatic rings. The maximum absolute atomic E-state index is 5.84. The van der Waals surface area contributed by atoms with Gasteiger partial charge in [0.25, 0.3) is 0 Å². The molecule has 0 N–H and O–H groups in total. The van der Waals surface area contributed by atoms with Gasteiger partial charge in [0.1, 0.15) is 11.3 Å². The first kappa shape index (κ1) is 13.1. The van der Waals surface area contributed by atoms with Gasteiger partial charge in [-0.3, -0.25) is 4.98 Å². The van der Waals surface area contributed by atoms with Gasteiger partial charge in [-0.2, -0.15) is 5.10 Å². The van der Waals surface area contributed by atoms with Crippen LogP contribution < -0.4 is 9.64 Å². The topological polar surface area (TPSA) is 55.5 Å². The van der Waals surface area contributed by atoms with Crippen LogP contribution >= 0.6 is 0 Å². The summed E-state index contributed by atoms with van der Waals surface area (Å²) in [6.07, 6.45) is 10.1. The van der Waals surface area contributed by atoms with Crippen molar-refractivity contribution in [2.45, 2.75) is 6.42 Å². The number of nitrogens with zero attached hydrogens (tertiary/aromatic N) is 5. The summed E-state index contributed by atoms with van der Waals surface area (Å²) in [6, 6.07) is 5.78. The Hall–Kier alpha value is -2.63. The van der Waals surface area contributed by atoms with Crippen molar-refractivity contribution in [3.63, 3.8) is 0 Å². The maximum Gasteiger partial charge on any atom is 0.154 e. The first-order valence-electron chi connectivity index (χ1n) is 7.46. The monoisotopic (exact) mass is 295 g/mol. The van der Waals surface area contributed by atoms with Crippen LogP contribution in [0.2, 0.25) is 0 Å². The minimum Gasteiger partial charge on any atom is -0.493 e. The van der Waals surface area contributed by atoms with E-state index in [-0.39, 0.29) is 0 Å². The highest BCUT2D eigenvalue weighted by molar-refractivity contribution is 5.68. The molecule has 4 rings (SSSR count). The summed E-state index contributed by atoms with van der Waals surface area (Å²) in [4.78, 5) is 10.8. The number of ether oxygens (including phenoxy) is 1. The Morgan fingerprint density at radius 2 is 2.05 bits per heavy atom. The van der Waals surface area contributed by atoms with Crippen LogP contribution in [0.1, 0.15) is 6.42 Å². The second kappa shape index (κ2) is 5.63. The molecule has 6 heteroatoms. The van der Waals surface area contributed by atoms with Crippen LogP contribution in [0, 0.1) is 5.92 Å². The first-order valence-corrected chi connectivity index (χ1v) is 7.46. The lowest BCUT2D eigenvalue weighted by Gasteiger charge is -2.18. The fourth-order valence-corrected chi connectivity index (χ4v) is 2.90. The summed E-state index contributed by atoms with van der Waals surface area (Å²) in [5, 5.41) is 4.27. The van der Waals surface area contributed by atoms with E-state index in [2.05, 4.69) is 20.0 Å². The lowest BCUT2D eigenvalue weighted by atomic mass is 10.1. The molecule has 4 heterocycles. The van der Waals surface area contributed by atoms with Gasteiger partial charge in [-0.25, -0.2) is 9.50 Å². The molecule has 0 spiro atoms. The Kier molecular flexibility index (Phi) is 3.34. The van der Waals surface area contributed by atoms with Crippen molar-refractivity contribution in [3.8, 4) is 5.75 Å². The summed E-state index contributed by atoms with van der Waals surface area (Å²) in [7, 11) is 0. The normalized spacial score (nSPS) is 18.0. The van der Waals surface area contributed by atoms with Crippen LogP contribution in [-0.4, -0.2) is 39.3 Å². The van der Waals surface area contributed by atoms with Gasteiger partial charge < -0.3 is 9.64 Å². The Morgan fingerprint density at radius 1 is 1.14 bits per heavy atom. The molecule has 0 aliphatic carbocycles. The number of aromatic nitrogens is 4. The third kappa shape index (κ3) is 2.47. The summed E-state index contributed by atoms with van der Waals surface area (Å²) in [5.74, 6) is 2.40. The van der Waals surface area contributed by atoms with Gasteiger partial charge in [-0.1, -0.05) is 0 Å². The largest absolute Gasteiger partial charge is 0.493 e. The zero-order valence-electron chi connectivity index (χ0n) is 12.2. The Balaban J connectivity index is 1.43. The van der Waals surface area contributed by atoms with Crippen molar-refractivity contribution in [2.24, 2.45) is 5.92 Å². The van der Waals surface area contributed by atoms with Gasteiger partial charge >= 0.3 is 0 Å². The van der Waals surface area contributed by atoms with Crippen LogP contribution in [0.5, 0.6) is 5.75 Å². The molecule has 6 nitrogen and oxygen atoms in total. The minimum absolute atomic E-state index is 0.512. The molecule has 1 atom stereocenters. The van der Waals surface area contributed by atoms with Crippen molar-refractivity contribution >= 4 is 11.3 Å². The smallest absolute Gasteiger partial charge is 0.154 e. The van der Waals surface area contributed by atoms with Gasteiger partial charge in [0.05, 0.1) is 12.8 Å². The predicted molar refractivity (Wildman–Crippen MR) is 83.0 cm³/mol. The zero-order valence-corrected chi connectivity index (χ0v) is 12.2. The highest BCUT2D eigenvalue weighted by Gasteiger charge is 2.25. The number of hydrogen-bond donors (Lipinski definition) is 0. The molecule has 1 fully saturated rings. The number of rotatable bonds is 4. The fourth-order valence-electron chi connectivity index (χ4n) is 2.90. The summed E-state index contributed by atoms with van der Waals surface area (Å²) >= 11 is 0. The highest BCUT2D eigenvalue weighted by atomic mass is 16.5. The van der Waals surface area contributed by atoms with E-state index in [0.717, 1.165) is 43.2 Å². The average Bonchev–Trinajstić information content (AvgIpc) is 3.22. The molecule has 22 heavy (non-hydrogen) atoms. The average molecular weight is 295 g/mol. The molecule has 3 aromatic rings. The molecule has 1 unspecified atom stereocenters. The third-order valence-corrected chi connectivity index (χ3v) is 4.02. The molecular formula is C16H17N5O. The van der Waals surface area contributed by atoms with Crippen LogP contribution in [0.3, 0.4) is 0 Å². The van der Waals surface area contributed by atoms with Crippen molar-refractivity contribution in [2.75, 3.05) is 24.6 Å². The van der Waals surface area contributed by atoms with E-state index in [4.69, 9.17) is 4.74 Å². The molecule has 3 aromatic heterocycles. The molecular weight excluding hydrogens is 278 g/mol. The summed E-state index contributed by atoms with van der Waals surface area (Å²) in [5.41, 5.74) is 1.05. The van der Waals surface area contributed by atoms with E-state index >= 15 is 0 Å². The number of fused-ring (bicyclic) bond motifs is 1. The van der Waals surface area contributed by atoms with Crippen LogP contribution in [-0.2, 0) is 0 Å². The Morgan fingerprint density at radius 3 is 2.95 bits per heavy atom. The van der Waals surface area contributed by atoms with E-state index in [1.807, 2.05) is 28.9 Å². The molecule has 0 radical (unpaired) electrons. The lowest BCUT2D eigenvalue weighted by molar-refractivity contribution is 0.261. The quantitative estimate of drug-likeness (QED) is 0.737. The van der Waals surface area contributed by atoms with Crippen LogP contribution in [0.25, 0.3) is 5.52 Å². The van der Waals surface area contributed by atoms with Gasteiger partial charge in [0.2, 0.25) is 0 Å². The van der Waals surface area contributed by atoms with Crippen molar-refractivity contribution in [3.05, 3.63) is 49.2 Å². The van der Waals surface area contributed by atoms with Crippen molar-refractivity contribution < 1.29 is 4.74 Å². The van der Waals surface area contributed by atoms with Crippen molar-refractivity contribution in [1.82, 2.24) is 19.6 Å². The number of pyridine rings is 1. The van der Waals surface area contributed by atoms with Gasteiger partial charge in [-0.05, 0) is 24.6 Å².